The van der Waals surface area contributed by atoms with Crippen molar-refractivity contribution in [3.63, 3.8) is 0 Å². The predicted molar refractivity (Wildman–Crippen MR) is 163 cm³/mol. The summed E-state index contributed by atoms with van der Waals surface area (Å²) >= 11 is 5.75. The second-order valence-corrected chi connectivity index (χ2v) is 11.3. The molecular formula is C27H22I2N2O5S. The average molecular weight is 740 g/mol. The van der Waals surface area contributed by atoms with E-state index in [2.05, 4.69) is 50.2 Å². The van der Waals surface area contributed by atoms with Crippen LogP contribution in [0.5, 0.6) is 11.5 Å². The van der Waals surface area contributed by atoms with Crippen molar-refractivity contribution in [2.75, 3.05) is 13.7 Å². The second kappa shape index (κ2) is 12.3. The minimum Gasteiger partial charge on any atom is -0.490 e. The molecule has 37 heavy (non-hydrogen) atoms. The molecule has 3 aromatic rings. The lowest BCUT2D eigenvalue weighted by atomic mass is 10.1. The van der Waals surface area contributed by atoms with Gasteiger partial charge in [0.2, 0.25) is 0 Å². The Balaban J connectivity index is 1.57. The molecule has 190 valence electrons. The fourth-order valence-electron chi connectivity index (χ4n) is 3.40. The van der Waals surface area contributed by atoms with Crippen LogP contribution in [-0.2, 0) is 11.4 Å². The van der Waals surface area contributed by atoms with Gasteiger partial charge < -0.3 is 14.6 Å². The molecule has 0 aliphatic carbocycles. The van der Waals surface area contributed by atoms with E-state index in [1.54, 1.807) is 19.2 Å². The summed E-state index contributed by atoms with van der Waals surface area (Å²) in [6, 6.07) is 18.2. The average Bonchev–Trinajstić information content (AvgIpc) is 3.12. The number of hydrogen-bond donors (Lipinski definition) is 1. The van der Waals surface area contributed by atoms with Gasteiger partial charge in [-0.1, -0.05) is 12.1 Å². The number of benzene rings is 3. The van der Waals surface area contributed by atoms with Crippen LogP contribution in [0.15, 0.2) is 70.6 Å². The molecule has 0 unspecified atom stereocenters. The number of carbonyl (C=O) groups is 2. The number of hydrogen-bond acceptors (Lipinski definition) is 6. The molecule has 1 aliphatic rings. The number of halogens is 2. The highest BCUT2D eigenvalue weighted by Gasteiger charge is 2.30. The lowest BCUT2D eigenvalue weighted by Gasteiger charge is -2.15. The number of carboxylic acid groups (broad SMARTS) is 1. The maximum absolute atomic E-state index is 12.9. The fourth-order valence-corrected chi connectivity index (χ4v) is 5.53. The first-order valence-corrected chi connectivity index (χ1v) is 14.2. The third kappa shape index (κ3) is 6.85. The number of aliphatic imine (C=N–C) groups is 1. The van der Waals surface area contributed by atoms with Crippen LogP contribution in [0.3, 0.4) is 0 Å². The number of amidine groups is 1. The monoisotopic (exact) mass is 740 g/mol. The van der Waals surface area contributed by atoms with Crippen LogP contribution in [0.4, 0.5) is 5.69 Å². The summed E-state index contributed by atoms with van der Waals surface area (Å²) in [5.74, 6) is 0.109. The SMILES string of the molecule is CCOc1cc(/C=C2\SC(=Nc3ccc(C(=O)O)cc3)N(C)C2=O)cc(I)c1OCc1ccc(I)cc1. The van der Waals surface area contributed by atoms with E-state index in [4.69, 9.17) is 14.6 Å². The quantitative estimate of drug-likeness (QED) is 0.202. The minimum atomic E-state index is -1.00. The van der Waals surface area contributed by atoms with Crippen molar-refractivity contribution in [2.24, 2.45) is 4.99 Å². The summed E-state index contributed by atoms with van der Waals surface area (Å²) in [5, 5.41) is 9.59. The molecule has 0 atom stereocenters. The summed E-state index contributed by atoms with van der Waals surface area (Å²) in [5.41, 5.74) is 2.62. The number of likely N-dealkylation sites (N-methyl/N-ethyl adjacent to an activating group) is 1. The van der Waals surface area contributed by atoms with Crippen LogP contribution < -0.4 is 9.47 Å². The number of nitrogens with zero attached hydrogens (tertiary/aromatic N) is 2. The van der Waals surface area contributed by atoms with E-state index in [1.807, 2.05) is 49.4 Å². The highest BCUT2D eigenvalue weighted by atomic mass is 127. The Bertz CT molecular complexity index is 1390. The van der Waals surface area contributed by atoms with Crippen LogP contribution >= 0.6 is 56.9 Å². The minimum absolute atomic E-state index is 0.169. The van der Waals surface area contributed by atoms with Gasteiger partial charge in [0, 0.05) is 10.6 Å². The molecule has 7 nitrogen and oxygen atoms in total. The first-order valence-electron chi connectivity index (χ1n) is 11.2. The van der Waals surface area contributed by atoms with Crippen molar-refractivity contribution in [1.82, 2.24) is 4.90 Å². The molecule has 3 aromatic carbocycles. The van der Waals surface area contributed by atoms with Gasteiger partial charge >= 0.3 is 5.97 Å². The van der Waals surface area contributed by atoms with Crippen molar-refractivity contribution < 1.29 is 24.2 Å². The predicted octanol–water partition coefficient (Wildman–Crippen LogP) is 6.81. The fraction of sp³-hybridized carbons (Fsp3) is 0.148. The van der Waals surface area contributed by atoms with Gasteiger partial charge in [-0.2, -0.15) is 0 Å². The van der Waals surface area contributed by atoms with Crippen LogP contribution in [0.25, 0.3) is 6.08 Å². The zero-order chi connectivity index (χ0) is 26.5. The molecule has 4 rings (SSSR count). The van der Waals surface area contributed by atoms with E-state index in [-0.39, 0.29) is 11.5 Å². The number of thioether (sulfide) groups is 1. The van der Waals surface area contributed by atoms with Crippen LogP contribution in [0.2, 0.25) is 0 Å². The topological polar surface area (TPSA) is 88.4 Å². The highest BCUT2D eigenvalue weighted by molar-refractivity contribution is 14.1. The number of ether oxygens (including phenoxy) is 2. The summed E-state index contributed by atoms with van der Waals surface area (Å²) in [4.78, 5) is 30.5. The van der Waals surface area contributed by atoms with Gasteiger partial charge in [0.1, 0.15) is 6.61 Å². The summed E-state index contributed by atoms with van der Waals surface area (Å²) < 4.78 is 14.0. The molecule has 1 N–H and O–H groups in total. The maximum Gasteiger partial charge on any atom is 0.335 e. The molecule has 0 spiro atoms. The normalized spacial score (nSPS) is 15.5. The summed E-state index contributed by atoms with van der Waals surface area (Å²) in [7, 11) is 1.66. The molecule has 10 heteroatoms. The smallest absolute Gasteiger partial charge is 0.335 e. The molecule has 0 radical (unpaired) electrons. The van der Waals surface area contributed by atoms with E-state index < -0.39 is 5.97 Å². The van der Waals surface area contributed by atoms with Gasteiger partial charge in [-0.15, -0.1) is 0 Å². The first-order chi connectivity index (χ1) is 17.7. The summed E-state index contributed by atoms with van der Waals surface area (Å²) in [6.45, 7) is 2.81. The third-order valence-corrected chi connectivity index (χ3v) is 7.85. The number of carbonyl (C=O) groups excluding carboxylic acids is 1. The van der Waals surface area contributed by atoms with Crippen molar-refractivity contribution in [1.29, 1.82) is 0 Å². The zero-order valence-electron chi connectivity index (χ0n) is 19.9. The number of carboxylic acids is 1. The standard InChI is InChI=1S/C27H22I2N2O5S/c1-3-35-22-13-17(12-21(29)24(22)36-15-16-4-8-19(28)9-5-16)14-23-25(32)31(2)27(37-23)30-20-10-6-18(7-11-20)26(33)34/h4-14H,3,15H2,1-2H3,(H,33,34)/b23-14-,30-27?. The van der Waals surface area contributed by atoms with Crippen molar-refractivity contribution in [2.45, 2.75) is 13.5 Å². The molecule has 0 saturated carbocycles. The third-order valence-electron chi connectivity index (χ3n) is 5.27. The zero-order valence-corrected chi connectivity index (χ0v) is 25.0. The van der Waals surface area contributed by atoms with Gasteiger partial charge in [0.25, 0.3) is 5.91 Å². The van der Waals surface area contributed by atoms with Gasteiger partial charge in [-0.05, 0) is 130 Å². The molecule has 0 aromatic heterocycles. The number of amides is 1. The van der Waals surface area contributed by atoms with Gasteiger partial charge in [-0.25, -0.2) is 9.79 Å². The Morgan fingerprint density at radius 3 is 2.43 bits per heavy atom. The Morgan fingerprint density at radius 1 is 1.08 bits per heavy atom. The van der Waals surface area contributed by atoms with Crippen LogP contribution in [0, 0.1) is 7.14 Å². The molecule has 1 fully saturated rings. The Kier molecular flexibility index (Phi) is 9.13. The van der Waals surface area contributed by atoms with Gasteiger partial charge in [-0.3, -0.25) is 9.69 Å². The van der Waals surface area contributed by atoms with Gasteiger partial charge in [0.05, 0.1) is 26.3 Å². The Hall–Kier alpha value is -2.58. The van der Waals surface area contributed by atoms with E-state index in [0.717, 1.165) is 18.3 Å². The Labute approximate surface area is 246 Å². The Morgan fingerprint density at radius 2 is 1.78 bits per heavy atom. The van der Waals surface area contributed by atoms with E-state index in [1.165, 1.54) is 28.8 Å². The van der Waals surface area contributed by atoms with E-state index in [0.29, 0.717) is 40.5 Å². The van der Waals surface area contributed by atoms with Crippen LogP contribution in [0.1, 0.15) is 28.4 Å². The van der Waals surface area contributed by atoms with Crippen molar-refractivity contribution in [3.05, 3.63) is 89.4 Å². The molecule has 0 bridgehead atoms. The molecule has 1 amide bonds. The molecular weight excluding hydrogens is 718 g/mol. The summed E-state index contributed by atoms with van der Waals surface area (Å²) in [6.07, 6.45) is 1.81. The van der Waals surface area contributed by atoms with Crippen molar-refractivity contribution >= 4 is 85.8 Å². The lowest BCUT2D eigenvalue weighted by Crippen LogP contribution is -2.23. The van der Waals surface area contributed by atoms with E-state index >= 15 is 0 Å². The highest BCUT2D eigenvalue weighted by Crippen LogP contribution is 2.38. The maximum atomic E-state index is 12.9. The second-order valence-electron chi connectivity index (χ2n) is 7.90. The van der Waals surface area contributed by atoms with Crippen LogP contribution in [-0.4, -0.2) is 40.7 Å². The first kappa shape index (κ1) is 27.5. The van der Waals surface area contributed by atoms with Gasteiger partial charge in [0.15, 0.2) is 16.7 Å². The largest absolute Gasteiger partial charge is 0.490 e. The number of aromatic carboxylic acids is 1. The van der Waals surface area contributed by atoms with E-state index in [9.17, 15) is 9.59 Å². The molecule has 1 aliphatic heterocycles. The molecule has 1 heterocycles. The number of rotatable bonds is 8. The van der Waals surface area contributed by atoms with Crippen molar-refractivity contribution in [3.8, 4) is 11.5 Å². The lowest BCUT2D eigenvalue weighted by molar-refractivity contribution is -0.121. The molecule has 1 saturated heterocycles.